The first-order valence-corrected chi connectivity index (χ1v) is 15.5. The molecule has 0 aliphatic heterocycles. The third kappa shape index (κ3) is 27.1. The smallest absolute Gasteiger partial charge is 0.196 e. The van der Waals surface area contributed by atoms with Crippen LogP contribution < -0.4 is 0 Å². The third-order valence-electron chi connectivity index (χ3n) is 3.74. The van der Waals surface area contributed by atoms with Gasteiger partial charge < -0.3 is 8.94 Å². The van der Waals surface area contributed by atoms with Gasteiger partial charge in [-0.1, -0.05) is 110 Å². The lowest BCUT2D eigenvalue weighted by Gasteiger charge is -1.97. The summed E-state index contributed by atoms with van der Waals surface area (Å²) in [7, 11) is 0. The predicted molar refractivity (Wildman–Crippen MR) is 178 cm³/mol. The number of thiazole rings is 1. The van der Waals surface area contributed by atoms with Crippen molar-refractivity contribution < 1.29 is 8.94 Å². The summed E-state index contributed by atoms with van der Waals surface area (Å²) in [5.41, 5.74) is 0. The van der Waals surface area contributed by atoms with Crippen molar-refractivity contribution in [3.63, 3.8) is 0 Å². The quantitative estimate of drug-likeness (QED) is 0.228. The minimum absolute atomic E-state index is 0. The average molecular weight is 598 g/mol. The van der Waals surface area contributed by atoms with E-state index in [1.165, 1.54) is 11.3 Å². The van der Waals surface area contributed by atoms with E-state index >= 15 is 0 Å². The van der Waals surface area contributed by atoms with Crippen LogP contribution in [0.3, 0.4) is 0 Å². The Hall–Kier alpha value is -2.88. The van der Waals surface area contributed by atoms with E-state index in [2.05, 4.69) is 58.2 Å². The topological polar surface area (TPSA) is 109 Å². The van der Waals surface area contributed by atoms with Gasteiger partial charge in [0.15, 0.2) is 12.2 Å². The fourth-order valence-corrected chi connectivity index (χ4v) is 2.63. The van der Waals surface area contributed by atoms with Gasteiger partial charge in [0, 0.05) is 35.4 Å². The zero-order chi connectivity index (χ0) is 31.9. The van der Waals surface area contributed by atoms with Gasteiger partial charge in [-0.05, 0) is 19.1 Å². The van der Waals surface area contributed by atoms with E-state index in [0.717, 1.165) is 11.7 Å². The molecule has 0 saturated carbocycles. The van der Waals surface area contributed by atoms with E-state index in [1.54, 1.807) is 34.8 Å². The van der Waals surface area contributed by atoms with E-state index in [9.17, 15) is 0 Å². The maximum absolute atomic E-state index is 4.98. The largest absolute Gasteiger partial charge is 0.449 e. The van der Waals surface area contributed by atoms with Gasteiger partial charge in [-0.25, -0.2) is 9.97 Å². The summed E-state index contributed by atoms with van der Waals surface area (Å²) in [5, 5.41) is 17.8. The minimum atomic E-state index is 0. The number of tetrazole rings is 1. The molecule has 41 heavy (non-hydrogen) atoms. The highest BCUT2D eigenvalue weighted by atomic mass is 32.1. The van der Waals surface area contributed by atoms with Crippen LogP contribution in [0.25, 0.3) is 0 Å². The molecule has 0 aliphatic rings. The summed E-state index contributed by atoms with van der Waals surface area (Å²) in [6.07, 6.45) is 8.19. The molecule has 4 aromatic rings. The molecule has 0 amide bonds. The Morgan fingerprint density at radius 1 is 0.732 bits per heavy atom. The Balaban J connectivity index is -0.000000129. The number of rotatable bonds is 4. The number of oxazole rings is 1. The van der Waals surface area contributed by atoms with Gasteiger partial charge in [0.05, 0.1) is 23.4 Å². The lowest BCUT2D eigenvalue weighted by Crippen LogP contribution is -2.04. The Kier molecular flexibility index (Phi) is 41.0. The maximum Gasteiger partial charge on any atom is 0.196 e. The maximum atomic E-state index is 4.98. The summed E-state index contributed by atoms with van der Waals surface area (Å²) < 4.78 is 9.83. The van der Waals surface area contributed by atoms with Crippen LogP contribution in [0, 0.1) is 0 Å². The molecule has 0 unspecified atom stereocenters. The number of aromatic nitrogens is 7. The fraction of sp³-hybridized carbons (Fsp3) is 0.677. The second-order valence-electron chi connectivity index (χ2n) is 7.97. The molecular weight excluding hydrogens is 534 g/mol. The van der Waals surface area contributed by atoms with Crippen LogP contribution in [-0.4, -0.2) is 35.3 Å². The van der Waals surface area contributed by atoms with Crippen molar-refractivity contribution >= 4 is 11.3 Å². The van der Waals surface area contributed by atoms with Crippen molar-refractivity contribution in [2.24, 2.45) is 0 Å². The average Bonchev–Trinajstić information content (AvgIpc) is 3.81. The molecule has 0 aliphatic carbocycles. The number of hydrogen-bond acceptors (Lipinski definition) is 9. The summed E-state index contributed by atoms with van der Waals surface area (Å²) in [5.74, 6) is 3.22. The second kappa shape index (κ2) is 35.1. The van der Waals surface area contributed by atoms with E-state index in [4.69, 9.17) is 8.94 Å². The third-order valence-corrected chi connectivity index (χ3v) is 4.82. The van der Waals surface area contributed by atoms with Crippen molar-refractivity contribution in [2.45, 2.75) is 142 Å². The highest BCUT2D eigenvalue weighted by molar-refractivity contribution is 7.09. The number of nitrogens with zero attached hydrogens (tertiary/aromatic N) is 7. The molecule has 4 heterocycles. The lowest BCUT2D eigenvalue weighted by molar-refractivity contribution is 0.371. The van der Waals surface area contributed by atoms with Gasteiger partial charge in [0.1, 0.15) is 12.0 Å². The fourth-order valence-electron chi connectivity index (χ4n) is 1.97. The van der Waals surface area contributed by atoms with E-state index in [1.807, 2.05) is 101 Å². The first kappa shape index (κ1) is 47.9. The minimum Gasteiger partial charge on any atom is -0.449 e. The molecule has 0 radical (unpaired) electrons. The molecule has 0 fully saturated rings. The molecule has 10 heteroatoms. The van der Waals surface area contributed by atoms with Gasteiger partial charge >= 0.3 is 0 Å². The predicted octanol–water partition coefficient (Wildman–Crippen LogP) is 10.9. The first-order valence-electron chi connectivity index (χ1n) is 14.6. The highest BCUT2D eigenvalue weighted by Crippen LogP contribution is 2.15. The van der Waals surface area contributed by atoms with Gasteiger partial charge in [0.2, 0.25) is 0 Å². The molecule has 0 bridgehead atoms. The van der Waals surface area contributed by atoms with E-state index < -0.39 is 0 Å². The van der Waals surface area contributed by atoms with Crippen LogP contribution in [0.5, 0.6) is 0 Å². The molecule has 0 saturated heterocycles. The van der Waals surface area contributed by atoms with Gasteiger partial charge in [-0.2, -0.15) is 4.80 Å². The molecule has 4 aromatic heterocycles. The molecule has 9 nitrogen and oxygen atoms in total. The molecule has 0 spiro atoms. The number of hydrogen-bond donors (Lipinski definition) is 0. The normalized spacial score (nSPS) is 8.68. The zero-order valence-electron chi connectivity index (χ0n) is 28.2. The van der Waals surface area contributed by atoms with Crippen LogP contribution in [0.2, 0.25) is 0 Å². The Morgan fingerprint density at radius 2 is 1.32 bits per heavy atom. The summed E-state index contributed by atoms with van der Waals surface area (Å²) in [6, 6.07) is 2.20. The molecule has 0 atom stereocenters. The van der Waals surface area contributed by atoms with Crippen LogP contribution >= 0.6 is 11.3 Å². The lowest BCUT2D eigenvalue weighted by atomic mass is 10.2. The highest BCUT2D eigenvalue weighted by Gasteiger charge is 2.01. The Labute approximate surface area is 256 Å². The molecular formula is C31H63N7O2S. The molecule has 0 N–H and O–H groups in total. The SMILES string of the molecule is C.CC.CC.CC.CC.CC(C)c1ccno1.CC(C)c1ncco1.CC(C)c1nccs1.CC(C)n1ncnn1. The molecule has 0 aromatic carbocycles. The second-order valence-corrected chi connectivity index (χ2v) is 8.90. The van der Waals surface area contributed by atoms with Crippen molar-refractivity contribution in [3.05, 3.63) is 59.3 Å². The van der Waals surface area contributed by atoms with Crippen molar-refractivity contribution in [1.82, 2.24) is 35.3 Å². The van der Waals surface area contributed by atoms with Crippen LogP contribution in [0.1, 0.15) is 159 Å². The standard InChI is InChI=1S/2C6H9NO.C6H9NS.C4H8N4.4C2H6.CH4/c1-5(2)6-7-3-4-8-6;1-5(2)6-3-4-7-8-6;1-5(2)6-7-3-4-8-6;1-4(2)8-6-3-5-7-8;4*1-2;/h3*3-5H,1-2H3;3-4H,1-2H3;4*1-2H3;1H4. The van der Waals surface area contributed by atoms with Gasteiger partial charge in [-0.3, -0.25) is 0 Å². The van der Waals surface area contributed by atoms with E-state index in [-0.39, 0.29) is 7.43 Å². The van der Waals surface area contributed by atoms with Gasteiger partial charge in [-0.15, -0.1) is 21.5 Å². The molecule has 4 rings (SSSR count). The Bertz CT molecular complexity index is 738. The first-order chi connectivity index (χ1) is 19.2. The summed E-state index contributed by atoms with van der Waals surface area (Å²) >= 11 is 1.72. The molecule has 240 valence electrons. The van der Waals surface area contributed by atoms with Crippen molar-refractivity contribution in [1.29, 1.82) is 0 Å². The monoisotopic (exact) mass is 597 g/mol. The van der Waals surface area contributed by atoms with Gasteiger partial charge in [0.25, 0.3) is 0 Å². The van der Waals surface area contributed by atoms with Crippen LogP contribution in [0.4, 0.5) is 0 Å². The summed E-state index contributed by atoms with van der Waals surface area (Å²) in [6.45, 7) is 32.5. The Morgan fingerprint density at radius 3 is 1.51 bits per heavy atom. The van der Waals surface area contributed by atoms with Crippen molar-refractivity contribution in [3.8, 4) is 0 Å². The van der Waals surface area contributed by atoms with Crippen LogP contribution in [0.15, 0.2) is 51.6 Å². The summed E-state index contributed by atoms with van der Waals surface area (Å²) in [4.78, 5) is 9.64. The van der Waals surface area contributed by atoms with Crippen molar-refractivity contribution in [2.75, 3.05) is 0 Å². The zero-order valence-corrected chi connectivity index (χ0v) is 29.0. The van der Waals surface area contributed by atoms with Crippen LogP contribution in [-0.2, 0) is 0 Å². The van der Waals surface area contributed by atoms with E-state index in [0.29, 0.717) is 23.8 Å².